The summed E-state index contributed by atoms with van der Waals surface area (Å²) >= 11 is 1.73. The van der Waals surface area contributed by atoms with E-state index in [0.717, 1.165) is 6.42 Å². The Morgan fingerprint density at radius 1 is 1.70 bits per heavy atom. The lowest BCUT2D eigenvalue weighted by molar-refractivity contribution is 0.712. The molecule has 0 bridgehead atoms. The first kappa shape index (κ1) is 9.95. The van der Waals surface area contributed by atoms with Crippen molar-refractivity contribution >= 4 is 23.7 Å². The predicted molar refractivity (Wildman–Crippen MR) is 48.8 cm³/mol. The fraction of sp³-hybridized carbons (Fsp3) is 0.429. The molecule has 10 heavy (non-hydrogen) atoms. The molecule has 1 rings (SSSR count). The number of hydrogen-bond donors (Lipinski definition) is 1. The van der Waals surface area contributed by atoms with E-state index in [0.29, 0.717) is 0 Å². The van der Waals surface area contributed by atoms with Crippen molar-refractivity contribution in [3.63, 3.8) is 0 Å². The number of nitrogens with two attached hydrogens (primary N) is 1. The molecule has 2 N–H and O–H groups in total. The molecule has 0 aliphatic heterocycles. The van der Waals surface area contributed by atoms with Crippen LogP contribution < -0.4 is 5.73 Å². The minimum atomic E-state index is 0. The molecule has 1 aromatic rings. The zero-order valence-corrected chi connectivity index (χ0v) is 7.54. The molecule has 0 spiro atoms. The van der Waals surface area contributed by atoms with Crippen LogP contribution in [0.5, 0.6) is 0 Å². The highest BCUT2D eigenvalue weighted by atomic mass is 35.5. The third-order valence-corrected chi connectivity index (χ3v) is 2.35. The van der Waals surface area contributed by atoms with Gasteiger partial charge in [-0.3, -0.25) is 0 Å². The van der Waals surface area contributed by atoms with Crippen LogP contribution in [0, 0.1) is 0 Å². The third-order valence-electron chi connectivity index (χ3n) is 1.35. The molecule has 0 aliphatic carbocycles. The van der Waals surface area contributed by atoms with Crippen molar-refractivity contribution in [2.75, 3.05) is 0 Å². The average molecular weight is 178 g/mol. The van der Waals surface area contributed by atoms with E-state index in [-0.39, 0.29) is 18.4 Å². The first-order valence-corrected chi connectivity index (χ1v) is 4.01. The molecule has 1 aromatic heterocycles. The van der Waals surface area contributed by atoms with Gasteiger partial charge in [-0.25, -0.2) is 0 Å². The smallest absolute Gasteiger partial charge is 0.0387 e. The maximum atomic E-state index is 5.75. The summed E-state index contributed by atoms with van der Waals surface area (Å²) in [6.45, 7) is 2.10. The fourth-order valence-electron chi connectivity index (χ4n) is 0.703. The summed E-state index contributed by atoms with van der Waals surface area (Å²) in [4.78, 5) is 1.29. The zero-order chi connectivity index (χ0) is 6.69. The Morgan fingerprint density at radius 3 is 2.80 bits per heavy atom. The second-order valence-corrected chi connectivity index (χ2v) is 3.01. The Kier molecular flexibility index (Phi) is 4.69. The number of hydrogen-bond acceptors (Lipinski definition) is 2. The maximum absolute atomic E-state index is 5.75. The summed E-state index contributed by atoms with van der Waals surface area (Å²) < 4.78 is 0. The van der Waals surface area contributed by atoms with E-state index >= 15 is 0 Å². The maximum Gasteiger partial charge on any atom is 0.0387 e. The molecular formula is C7H12ClNS. The molecule has 0 radical (unpaired) electrons. The summed E-state index contributed by atoms with van der Waals surface area (Å²) in [6.07, 6.45) is 1.03. The van der Waals surface area contributed by atoms with Crippen LogP contribution in [0.15, 0.2) is 17.5 Å². The van der Waals surface area contributed by atoms with Gasteiger partial charge >= 0.3 is 0 Å². The van der Waals surface area contributed by atoms with E-state index in [4.69, 9.17) is 5.73 Å². The molecule has 58 valence electrons. The monoisotopic (exact) mass is 177 g/mol. The Morgan fingerprint density at radius 2 is 2.40 bits per heavy atom. The van der Waals surface area contributed by atoms with E-state index in [1.54, 1.807) is 11.3 Å². The van der Waals surface area contributed by atoms with Gasteiger partial charge in [0, 0.05) is 10.9 Å². The van der Waals surface area contributed by atoms with Gasteiger partial charge in [-0.05, 0) is 17.9 Å². The third kappa shape index (κ3) is 2.29. The van der Waals surface area contributed by atoms with Gasteiger partial charge < -0.3 is 5.73 Å². The van der Waals surface area contributed by atoms with E-state index < -0.39 is 0 Å². The minimum absolute atomic E-state index is 0. The van der Waals surface area contributed by atoms with Crippen LogP contribution in [0.3, 0.4) is 0 Å². The first-order chi connectivity index (χ1) is 4.34. The summed E-state index contributed by atoms with van der Waals surface area (Å²) in [5.74, 6) is 0. The van der Waals surface area contributed by atoms with Crippen LogP contribution >= 0.6 is 23.7 Å². The molecule has 1 nitrogen and oxygen atoms in total. The van der Waals surface area contributed by atoms with Crippen LogP contribution in [0.4, 0.5) is 0 Å². The fourth-order valence-corrected chi connectivity index (χ4v) is 1.52. The Labute approximate surface area is 71.7 Å². The van der Waals surface area contributed by atoms with Gasteiger partial charge in [0.15, 0.2) is 0 Å². The van der Waals surface area contributed by atoms with Gasteiger partial charge in [-0.15, -0.1) is 23.7 Å². The molecule has 3 heteroatoms. The zero-order valence-electron chi connectivity index (χ0n) is 5.91. The molecule has 1 heterocycles. The molecule has 0 aliphatic rings. The lowest BCUT2D eigenvalue weighted by atomic mass is 10.2. The number of thiophene rings is 1. The highest BCUT2D eigenvalue weighted by Crippen LogP contribution is 2.18. The van der Waals surface area contributed by atoms with Crippen molar-refractivity contribution in [2.24, 2.45) is 5.73 Å². The summed E-state index contributed by atoms with van der Waals surface area (Å²) in [7, 11) is 0. The quantitative estimate of drug-likeness (QED) is 0.739. The highest BCUT2D eigenvalue weighted by Gasteiger charge is 2.01. The van der Waals surface area contributed by atoms with E-state index in [1.807, 2.05) is 6.07 Å². The minimum Gasteiger partial charge on any atom is -0.323 e. The van der Waals surface area contributed by atoms with Crippen molar-refractivity contribution in [1.29, 1.82) is 0 Å². The van der Waals surface area contributed by atoms with Crippen molar-refractivity contribution in [1.82, 2.24) is 0 Å². The van der Waals surface area contributed by atoms with Gasteiger partial charge in [-0.2, -0.15) is 0 Å². The lowest BCUT2D eigenvalue weighted by Crippen LogP contribution is -2.05. The Balaban J connectivity index is 0.000000810. The van der Waals surface area contributed by atoms with Crippen molar-refractivity contribution < 1.29 is 0 Å². The normalized spacial score (nSPS) is 12.2. The molecule has 0 saturated heterocycles. The Bertz CT molecular complexity index is 162. The van der Waals surface area contributed by atoms with Gasteiger partial charge in [0.2, 0.25) is 0 Å². The van der Waals surface area contributed by atoms with Gasteiger partial charge in [0.25, 0.3) is 0 Å². The van der Waals surface area contributed by atoms with Crippen LogP contribution in [-0.4, -0.2) is 0 Å². The summed E-state index contributed by atoms with van der Waals surface area (Å²) in [5, 5.41) is 2.06. The lowest BCUT2D eigenvalue weighted by Gasteiger charge is -2.02. The molecular weight excluding hydrogens is 166 g/mol. The van der Waals surface area contributed by atoms with Gasteiger partial charge in [0.05, 0.1) is 0 Å². The molecule has 0 saturated carbocycles. The Hall–Kier alpha value is -0.0500. The van der Waals surface area contributed by atoms with Gasteiger partial charge in [0.1, 0.15) is 0 Å². The molecule has 0 aromatic carbocycles. The average Bonchev–Trinajstić information content (AvgIpc) is 2.37. The van der Waals surface area contributed by atoms with Crippen molar-refractivity contribution in [2.45, 2.75) is 19.4 Å². The predicted octanol–water partition coefficient (Wildman–Crippen LogP) is 2.58. The molecule has 0 fully saturated rings. The van der Waals surface area contributed by atoms with Crippen LogP contribution in [0.2, 0.25) is 0 Å². The topological polar surface area (TPSA) is 26.0 Å². The van der Waals surface area contributed by atoms with Crippen LogP contribution in [-0.2, 0) is 0 Å². The van der Waals surface area contributed by atoms with E-state index in [1.165, 1.54) is 4.88 Å². The van der Waals surface area contributed by atoms with E-state index in [9.17, 15) is 0 Å². The van der Waals surface area contributed by atoms with Crippen molar-refractivity contribution in [3.8, 4) is 0 Å². The number of rotatable bonds is 2. The van der Waals surface area contributed by atoms with Crippen molar-refractivity contribution in [3.05, 3.63) is 22.4 Å². The van der Waals surface area contributed by atoms with Crippen LogP contribution in [0.1, 0.15) is 24.3 Å². The molecule has 1 atom stereocenters. The summed E-state index contributed by atoms with van der Waals surface area (Å²) in [6, 6.07) is 4.37. The SMILES string of the molecule is CC[C@@H](N)c1cccs1.Cl. The standard InChI is InChI=1S/C7H11NS.ClH/c1-2-6(8)7-4-3-5-9-7;/h3-6H,2,8H2,1H3;1H/t6-;/m1./s1. The molecule has 0 amide bonds. The molecule has 0 unspecified atom stereocenters. The number of halogens is 1. The first-order valence-electron chi connectivity index (χ1n) is 3.13. The van der Waals surface area contributed by atoms with E-state index in [2.05, 4.69) is 18.4 Å². The highest BCUT2D eigenvalue weighted by molar-refractivity contribution is 7.10. The second kappa shape index (κ2) is 4.72. The largest absolute Gasteiger partial charge is 0.323 e. The van der Waals surface area contributed by atoms with Gasteiger partial charge in [-0.1, -0.05) is 13.0 Å². The van der Waals surface area contributed by atoms with Crippen LogP contribution in [0.25, 0.3) is 0 Å². The second-order valence-electron chi connectivity index (χ2n) is 2.03. The summed E-state index contributed by atoms with van der Waals surface area (Å²) in [5.41, 5.74) is 5.75.